The van der Waals surface area contributed by atoms with E-state index in [1.807, 2.05) is 0 Å². The van der Waals surface area contributed by atoms with Gasteiger partial charge in [0.15, 0.2) is 5.58 Å². The molecular formula is C20H13N5O4. The molecule has 0 fully saturated rings. The molecule has 0 bridgehead atoms. The number of fused-ring (bicyclic) bond motifs is 2. The maximum Gasteiger partial charge on any atom is 0.262 e. The van der Waals surface area contributed by atoms with Crippen molar-refractivity contribution in [2.45, 2.75) is 0 Å². The highest BCUT2D eigenvalue weighted by atomic mass is 16.3. The Bertz CT molecular complexity index is 1420. The van der Waals surface area contributed by atoms with Crippen LogP contribution < -0.4 is 22.3 Å². The highest BCUT2D eigenvalue weighted by molar-refractivity contribution is 6.23. The van der Waals surface area contributed by atoms with Crippen LogP contribution in [-0.2, 0) is 0 Å². The van der Waals surface area contributed by atoms with Crippen molar-refractivity contribution in [3.05, 3.63) is 70.0 Å². The molecule has 0 unspecified atom stereocenters. The van der Waals surface area contributed by atoms with E-state index >= 15 is 0 Å². The summed E-state index contributed by atoms with van der Waals surface area (Å²) in [5, 5.41) is 2.14. The highest BCUT2D eigenvalue weighted by Gasteiger charge is 2.31. The Morgan fingerprint density at radius 3 is 2.62 bits per heavy atom. The van der Waals surface area contributed by atoms with E-state index in [0.29, 0.717) is 33.9 Å². The van der Waals surface area contributed by atoms with Crippen molar-refractivity contribution in [1.82, 2.24) is 14.9 Å². The fourth-order valence-corrected chi connectivity index (χ4v) is 3.39. The van der Waals surface area contributed by atoms with Gasteiger partial charge >= 0.3 is 0 Å². The molecule has 0 saturated carbocycles. The van der Waals surface area contributed by atoms with E-state index in [1.54, 1.807) is 42.5 Å². The molecule has 0 radical (unpaired) electrons. The summed E-state index contributed by atoms with van der Waals surface area (Å²) in [5.74, 6) is -1.05. The molecule has 5 N–H and O–H groups in total. The number of hydrogen-bond donors (Lipinski definition) is 3. The van der Waals surface area contributed by atoms with Crippen LogP contribution >= 0.6 is 0 Å². The van der Waals surface area contributed by atoms with Gasteiger partial charge in [0.25, 0.3) is 17.4 Å². The third kappa shape index (κ3) is 2.48. The smallest absolute Gasteiger partial charge is 0.262 e. The SMILES string of the molecule is Nc1ccc2oc(-c3cccc(-n4c(N)c5c(cc4=O)C(=O)NC5=O)c3)nc2c1. The first-order valence-electron chi connectivity index (χ1n) is 8.60. The van der Waals surface area contributed by atoms with E-state index in [9.17, 15) is 14.4 Å². The fraction of sp³-hybridized carbons (Fsp3) is 0. The third-order valence-electron chi connectivity index (χ3n) is 4.72. The molecule has 2 amide bonds. The maximum absolute atomic E-state index is 12.6. The molecule has 1 aliphatic rings. The van der Waals surface area contributed by atoms with Gasteiger partial charge in [0, 0.05) is 17.3 Å². The van der Waals surface area contributed by atoms with Gasteiger partial charge in [0.1, 0.15) is 11.3 Å². The monoisotopic (exact) mass is 387 g/mol. The van der Waals surface area contributed by atoms with E-state index in [2.05, 4.69) is 10.3 Å². The molecule has 2 aromatic heterocycles. The molecule has 0 aliphatic carbocycles. The first-order chi connectivity index (χ1) is 13.9. The number of nitrogens with one attached hydrogen (secondary N) is 1. The number of carbonyl (C=O) groups is 2. The number of aromatic nitrogens is 2. The van der Waals surface area contributed by atoms with Crippen molar-refractivity contribution in [3.63, 3.8) is 0 Å². The Hall–Kier alpha value is -4.40. The second kappa shape index (κ2) is 5.80. The lowest BCUT2D eigenvalue weighted by Crippen LogP contribution is -2.24. The predicted octanol–water partition coefficient (Wildman–Crippen LogP) is 1.69. The second-order valence-electron chi connectivity index (χ2n) is 6.57. The normalized spacial score (nSPS) is 13.0. The number of oxazole rings is 1. The molecule has 0 spiro atoms. The number of amides is 2. The minimum Gasteiger partial charge on any atom is -0.436 e. The van der Waals surface area contributed by atoms with Crippen LogP contribution in [0.25, 0.3) is 28.2 Å². The van der Waals surface area contributed by atoms with Gasteiger partial charge < -0.3 is 15.9 Å². The zero-order chi connectivity index (χ0) is 20.3. The van der Waals surface area contributed by atoms with Crippen LogP contribution in [0.2, 0.25) is 0 Å². The lowest BCUT2D eigenvalue weighted by molar-refractivity contribution is 0.0880. The molecule has 0 saturated heterocycles. The van der Waals surface area contributed by atoms with Gasteiger partial charge in [-0.2, -0.15) is 0 Å². The van der Waals surface area contributed by atoms with Crippen molar-refractivity contribution in [1.29, 1.82) is 0 Å². The Morgan fingerprint density at radius 1 is 0.966 bits per heavy atom. The van der Waals surface area contributed by atoms with Crippen LogP contribution in [0.4, 0.5) is 11.5 Å². The molecule has 3 heterocycles. The summed E-state index contributed by atoms with van der Waals surface area (Å²) in [7, 11) is 0. The predicted molar refractivity (Wildman–Crippen MR) is 106 cm³/mol. The number of nitrogens with zero attached hydrogens (tertiary/aromatic N) is 2. The summed E-state index contributed by atoms with van der Waals surface area (Å²) >= 11 is 0. The van der Waals surface area contributed by atoms with Crippen LogP contribution in [0.5, 0.6) is 0 Å². The second-order valence-corrected chi connectivity index (χ2v) is 6.57. The minimum atomic E-state index is -0.638. The standard InChI is InChI=1S/C20H13N5O4/c21-10-4-5-14-13(7-10)23-20(29-14)9-2-1-3-11(6-9)25-15(26)8-12-16(17(25)22)19(28)24-18(12)27/h1-8H,21-22H2,(H,24,27,28). The van der Waals surface area contributed by atoms with Gasteiger partial charge in [-0.05, 0) is 36.4 Å². The maximum atomic E-state index is 12.6. The number of benzene rings is 2. The third-order valence-corrected chi connectivity index (χ3v) is 4.72. The lowest BCUT2D eigenvalue weighted by atomic mass is 10.1. The van der Waals surface area contributed by atoms with Crippen LogP contribution in [0.3, 0.4) is 0 Å². The van der Waals surface area contributed by atoms with Crippen LogP contribution in [-0.4, -0.2) is 21.4 Å². The quantitative estimate of drug-likeness (QED) is 0.350. The molecule has 1 aliphatic heterocycles. The Kier molecular flexibility index (Phi) is 3.35. The van der Waals surface area contributed by atoms with Crippen molar-refractivity contribution >= 4 is 34.4 Å². The molecule has 2 aromatic carbocycles. The van der Waals surface area contributed by atoms with E-state index in [-0.39, 0.29) is 16.9 Å². The van der Waals surface area contributed by atoms with Gasteiger partial charge in [-0.15, -0.1) is 0 Å². The molecule has 142 valence electrons. The van der Waals surface area contributed by atoms with Crippen LogP contribution in [0.15, 0.2) is 57.7 Å². The van der Waals surface area contributed by atoms with Crippen molar-refractivity contribution in [2.75, 3.05) is 11.5 Å². The van der Waals surface area contributed by atoms with Gasteiger partial charge in [-0.25, -0.2) is 4.98 Å². The van der Waals surface area contributed by atoms with Gasteiger partial charge in [0.2, 0.25) is 5.89 Å². The average Bonchev–Trinajstić information content (AvgIpc) is 3.22. The number of carbonyl (C=O) groups excluding carboxylic acids is 2. The highest BCUT2D eigenvalue weighted by Crippen LogP contribution is 2.28. The number of pyridine rings is 1. The van der Waals surface area contributed by atoms with Crippen molar-refractivity contribution in [3.8, 4) is 17.1 Å². The Balaban J connectivity index is 1.67. The van der Waals surface area contributed by atoms with Crippen LogP contribution in [0.1, 0.15) is 20.7 Å². The largest absolute Gasteiger partial charge is 0.436 e. The summed E-state index contributed by atoms with van der Waals surface area (Å²) in [6.45, 7) is 0. The Morgan fingerprint density at radius 2 is 1.79 bits per heavy atom. The first kappa shape index (κ1) is 16.8. The number of anilines is 2. The summed E-state index contributed by atoms with van der Waals surface area (Å²) in [6, 6.07) is 13.0. The van der Waals surface area contributed by atoms with E-state index in [0.717, 1.165) is 6.07 Å². The molecule has 0 atom stereocenters. The minimum absolute atomic E-state index is 0.0164. The summed E-state index contributed by atoms with van der Waals surface area (Å²) in [4.78, 5) is 40.9. The fourth-order valence-electron chi connectivity index (χ4n) is 3.39. The zero-order valence-corrected chi connectivity index (χ0v) is 14.8. The molecular weight excluding hydrogens is 374 g/mol. The van der Waals surface area contributed by atoms with Gasteiger partial charge in [-0.1, -0.05) is 6.07 Å². The van der Waals surface area contributed by atoms with Crippen LogP contribution in [0, 0.1) is 0 Å². The van der Waals surface area contributed by atoms with Gasteiger partial charge in [-0.3, -0.25) is 24.3 Å². The zero-order valence-electron chi connectivity index (χ0n) is 14.8. The number of nitrogens with two attached hydrogens (primary N) is 2. The molecule has 5 rings (SSSR count). The number of hydrogen-bond acceptors (Lipinski definition) is 7. The molecule has 4 aromatic rings. The Labute approximate surface area is 162 Å². The summed E-state index contributed by atoms with van der Waals surface area (Å²) < 4.78 is 6.94. The topological polar surface area (TPSA) is 146 Å². The van der Waals surface area contributed by atoms with Crippen molar-refractivity contribution < 1.29 is 14.0 Å². The van der Waals surface area contributed by atoms with Gasteiger partial charge in [0.05, 0.1) is 16.8 Å². The number of imide groups is 1. The van der Waals surface area contributed by atoms with E-state index < -0.39 is 17.4 Å². The first-order valence-corrected chi connectivity index (χ1v) is 8.60. The van der Waals surface area contributed by atoms with Crippen molar-refractivity contribution in [2.24, 2.45) is 0 Å². The number of nitrogen functional groups attached to an aromatic ring is 2. The molecule has 9 nitrogen and oxygen atoms in total. The number of rotatable bonds is 2. The summed E-state index contributed by atoms with van der Waals surface area (Å²) in [5.41, 5.74) is 14.0. The molecule has 9 heteroatoms. The van der Waals surface area contributed by atoms with E-state index in [1.165, 1.54) is 4.57 Å². The summed E-state index contributed by atoms with van der Waals surface area (Å²) in [6.07, 6.45) is 0. The van der Waals surface area contributed by atoms with E-state index in [4.69, 9.17) is 15.9 Å². The average molecular weight is 387 g/mol. The molecule has 29 heavy (non-hydrogen) atoms. The lowest BCUT2D eigenvalue weighted by Gasteiger charge is -2.12.